The van der Waals surface area contributed by atoms with E-state index in [0.717, 1.165) is 25.6 Å². The number of rotatable bonds is 8. The quantitative estimate of drug-likeness (QED) is 0.773. The molecule has 1 aliphatic rings. The number of ether oxygens (including phenoxy) is 1. The van der Waals surface area contributed by atoms with Gasteiger partial charge in [0.05, 0.1) is 12.7 Å². The van der Waals surface area contributed by atoms with E-state index in [0.29, 0.717) is 12.0 Å². The van der Waals surface area contributed by atoms with Gasteiger partial charge in [0, 0.05) is 6.04 Å². The molecule has 0 heterocycles. The topological polar surface area (TPSA) is 21.3 Å². The van der Waals surface area contributed by atoms with Crippen LogP contribution < -0.4 is 5.32 Å². The molecule has 1 aromatic carbocycles. The van der Waals surface area contributed by atoms with Crippen molar-refractivity contribution in [3.05, 3.63) is 35.4 Å². The van der Waals surface area contributed by atoms with Gasteiger partial charge >= 0.3 is 0 Å². The molecule has 2 nitrogen and oxygen atoms in total. The van der Waals surface area contributed by atoms with Crippen molar-refractivity contribution >= 4 is 0 Å². The molecule has 1 N–H and O–H groups in total. The van der Waals surface area contributed by atoms with E-state index in [1.54, 1.807) is 0 Å². The maximum Gasteiger partial charge on any atom is 0.0720 e. The Morgan fingerprint density at radius 2 is 1.74 bits per heavy atom. The smallest absolute Gasteiger partial charge is 0.0720 e. The lowest BCUT2D eigenvalue weighted by atomic mass is 10.1. The first-order valence-corrected chi connectivity index (χ1v) is 7.58. The van der Waals surface area contributed by atoms with Gasteiger partial charge in [-0.15, -0.1) is 0 Å². The summed E-state index contributed by atoms with van der Waals surface area (Å²) in [5.74, 6) is 0.577. The normalized spacial score (nSPS) is 16.8. The van der Waals surface area contributed by atoms with Gasteiger partial charge in [0.2, 0.25) is 0 Å². The van der Waals surface area contributed by atoms with Crippen molar-refractivity contribution in [1.29, 1.82) is 0 Å². The van der Waals surface area contributed by atoms with Crippen LogP contribution in [0.4, 0.5) is 0 Å². The van der Waals surface area contributed by atoms with Gasteiger partial charge in [-0.2, -0.15) is 0 Å². The van der Waals surface area contributed by atoms with E-state index in [-0.39, 0.29) is 0 Å². The Hall–Kier alpha value is -0.860. The van der Waals surface area contributed by atoms with Crippen molar-refractivity contribution in [3.63, 3.8) is 0 Å². The van der Waals surface area contributed by atoms with Crippen LogP contribution in [0.5, 0.6) is 0 Å². The monoisotopic (exact) mass is 261 g/mol. The Morgan fingerprint density at radius 1 is 1.11 bits per heavy atom. The summed E-state index contributed by atoms with van der Waals surface area (Å²) in [5, 5.41) is 3.55. The van der Waals surface area contributed by atoms with E-state index in [9.17, 15) is 0 Å². The fourth-order valence-electron chi connectivity index (χ4n) is 1.93. The van der Waals surface area contributed by atoms with Crippen LogP contribution in [0, 0.1) is 5.92 Å². The molecule has 1 atom stereocenters. The van der Waals surface area contributed by atoms with Gasteiger partial charge in [0.25, 0.3) is 0 Å². The summed E-state index contributed by atoms with van der Waals surface area (Å²) >= 11 is 0. The molecule has 0 radical (unpaired) electrons. The van der Waals surface area contributed by atoms with Crippen LogP contribution >= 0.6 is 0 Å². The molecule has 2 rings (SSSR count). The summed E-state index contributed by atoms with van der Waals surface area (Å²) in [6.07, 6.45) is 4.18. The molecule has 1 aromatic rings. The minimum atomic E-state index is 0.322. The van der Waals surface area contributed by atoms with Gasteiger partial charge in [-0.05, 0) is 49.8 Å². The maximum absolute atomic E-state index is 5.84. The van der Waals surface area contributed by atoms with Crippen molar-refractivity contribution in [2.45, 2.75) is 58.8 Å². The second kappa shape index (κ2) is 7.06. The predicted molar refractivity (Wildman–Crippen MR) is 80.3 cm³/mol. The summed E-state index contributed by atoms with van der Waals surface area (Å²) < 4.78 is 5.84. The molecular weight excluding hydrogens is 234 g/mol. The molecule has 1 saturated carbocycles. The van der Waals surface area contributed by atoms with Crippen molar-refractivity contribution in [3.8, 4) is 0 Å². The molecule has 1 fully saturated rings. The van der Waals surface area contributed by atoms with E-state index in [1.807, 2.05) is 0 Å². The maximum atomic E-state index is 5.84. The predicted octanol–water partition coefficient (Wildman–Crippen LogP) is 3.54. The first-order valence-electron chi connectivity index (χ1n) is 7.58. The Kier molecular flexibility index (Phi) is 5.41. The summed E-state index contributed by atoms with van der Waals surface area (Å²) in [4.78, 5) is 0. The lowest BCUT2D eigenvalue weighted by Crippen LogP contribution is -2.19. The van der Waals surface area contributed by atoms with Crippen molar-refractivity contribution in [2.75, 3.05) is 6.54 Å². The van der Waals surface area contributed by atoms with Gasteiger partial charge in [-0.25, -0.2) is 0 Å². The van der Waals surface area contributed by atoms with Crippen LogP contribution in [0.3, 0.4) is 0 Å². The highest BCUT2D eigenvalue weighted by atomic mass is 16.5. The molecule has 0 amide bonds. The van der Waals surface area contributed by atoms with Crippen LogP contribution in [0.1, 0.15) is 44.7 Å². The molecule has 0 saturated heterocycles. The molecule has 19 heavy (non-hydrogen) atoms. The van der Waals surface area contributed by atoms with Crippen molar-refractivity contribution in [1.82, 2.24) is 5.32 Å². The van der Waals surface area contributed by atoms with Crippen molar-refractivity contribution in [2.24, 2.45) is 5.92 Å². The highest BCUT2D eigenvalue weighted by Gasteiger charge is 2.19. The highest BCUT2D eigenvalue weighted by molar-refractivity contribution is 5.22. The third-order valence-corrected chi connectivity index (χ3v) is 3.90. The van der Waals surface area contributed by atoms with Crippen LogP contribution in [-0.4, -0.2) is 18.7 Å². The first kappa shape index (κ1) is 14.5. The fraction of sp³-hybridized carbons (Fsp3) is 0.647. The minimum Gasteiger partial charge on any atom is -0.374 e. The molecule has 1 aliphatic carbocycles. The van der Waals surface area contributed by atoms with Crippen LogP contribution in [-0.2, 0) is 17.8 Å². The Morgan fingerprint density at radius 3 is 2.32 bits per heavy atom. The summed E-state index contributed by atoms with van der Waals surface area (Å²) in [6.45, 7) is 8.36. The zero-order valence-corrected chi connectivity index (χ0v) is 12.5. The van der Waals surface area contributed by atoms with Gasteiger partial charge < -0.3 is 10.1 Å². The average Bonchev–Trinajstić information content (AvgIpc) is 3.21. The number of hydrogen-bond donors (Lipinski definition) is 1. The lowest BCUT2D eigenvalue weighted by molar-refractivity contribution is 0.0235. The zero-order valence-electron chi connectivity index (χ0n) is 12.5. The van der Waals surface area contributed by atoms with E-state index in [2.05, 4.69) is 50.4 Å². The summed E-state index contributed by atoms with van der Waals surface area (Å²) in [5.41, 5.74) is 2.68. The molecule has 0 spiro atoms. The second-order valence-electron chi connectivity index (χ2n) is 6.06. The van der Waals surface area contributed by atoms with Gasteiger partial charge in [-0.3, -0.25) is 0 Å². The van der Waals surface area contributed by atoms with E-state index in [4.69, 9.17) is 4.74 Å². The third kappa shape index (κ3) is 5.33. The molecule has 0 aliphatic heterocycles. The molecule has 106 valence electrons. The minimum absolute atomic E-state index is 0.322. The van der Waals surface area contributed by atoms with Gasteiger partial charge in [-0.1, -0.05) is 38.1 Å². The molecule has 1 unspecified atom stereocenters. The second-order valence-corrected chi connectivity index (χ2v) is 6.06. The van der Waals surface area contributed by atoms with Gasteiger partial charge in [0.15, 0.2) is 0 Å². The number of hydrogen-bond acceptors (Lipinski definition) is 2. The molecule has 0 aromatic heterocycles. The first-order chi connectivity index (χ1) is 9.15. The number of benzene rings is 1. The fourth-order valence-corrected chi connectivity index (χ4v) is 1.93. The van der Waals surface area contributed by atoms with Crippen LogP contribution in [0.2, 0.25) is 0 Å². The molecular formula is C17H27NO. The largest absolute Gasteiger partial charge is 0.374 e. The summed E-state index contributed by atoms with van der Waals surface area (Å²) in [6, 6.07) is 9.66. The Bertz CT molecular complexity index is 367. The van der Waals surface area contributed by atoms with Gasteiger partial charge in [0.1, 0.15) is 0 Å². The standard InChI is InChI=1S/C17H27NO/c1-13(2)14(3)19-12-16-6-4-15(5-7-16)10-11-18-17-8-9-17/h4-7,13-14,17-18H,8-12H2,1-3H3. The lowest BCUT2D eigenvalue weighted by Gasteiger charge is -2.16. The van der Waals surface area contributed by atoms with Crippen molar-refractivity contribution < 1.29 is 4.74 Å². The Labute approximate surface area is 117 Å². The molecule has 0 bridgehead atoms. The van der Waals surface area contributed by atoms with Crippen LogP contribution in [0.25, 0.3) is 0 Å². The Balaban J connectivity index is 1.70. The van der Waals surface area contributed by atoms with E-state index >= 15 is 0 Å². The summed E-state index contributed by atoms with van der Waals surface area (Å²) in [7, 11) is 0. The average molecular weight is 261 g/mol. The van der Waals surface area contributed by atoms with E-state index in [1.165, 1.54) is 24.0 Å². The van der Waals surface area contributed by atoms with Crippen LogP contribution in [0.15, 0.2) is 24.3 Å². The van der Waals surface area contributed by atoms with E-state index < -0.39 is 0 Å². The number of nitrogens with one attached hydrogen (secondary N) is 1. The third-order valence-electron chi connectivity index (χ3n) is 3.90. The SMILES string of the molecule is CC(C)C(C)OCc1ccc(CCNC2CC2)cc1. The molecule has 2 heteroatoms. The highest BCUT2D eigenvalue weighted by Crippen LogP contribution is 2.18. The zero-order chi connectivity index (χ0) is 13.7.